The minimum absolute atomic E-state index is 0.0654. The van der Waals surface area contributed by atoms with Crippen LogP contribution in [-0.4, -0.2) is 24.6 Å². The first-order valence-electron chi connectivity index (χ1n) is 8.54. The number of carbonyl (C=O) groups excluding carboxylic acids is 2. The fraction of sp³-hybridized carbons (Fsp3) is 0.882. The van der Waals surface area contributed by atoms with E-state index in [9.17, 15) is 9.59 Å². The van der Waals surface area contributed by atoms with Crippen molar-refractivity contribution < 1.29 is 19.1 Å². The Kier molecular flexibility index (Phi) is 6.52. The molecular weight excluding hydrogens is 268 g/mol. The van der Waals surface area contributed by atoms with Crippen molar-refractivity contribution in [2.24, 2.45) is 11.8 Å². The predicted octanol–water partition coefficient (Wildman–Crippen LogP) is 3.62. The highest BCUT2D eigenvalue weighted by molar-refractivity contribution is 5.73. The third-order valence-electron chi connectivity index (χ3n) is 4.71. The van der Waals surface area contributed by atoms with Crippen LogP contribution < -0.4 is 0 Å². The molecule has 0 heterocycles. The Bertz CT molecular complexity index is 341. The van der Waals surface area contributed by atoms with Crippen LogP contribution in [0.4, 0.5) is 0 Å². The summed E-state index contributed by atoms with van der Waals surface area (Å²) in [7, 11) is 0. The fourth-order valence-corrected chi connectivity index (χ4v) is 3.30. The molecule has 2 aliphatic rings. The van der Waals surface area contributed by atoms with Crippen molar-refractivity contribution in [1.82, 2.24) is 0 Å². The second-order valence-electron chi connectivity index (χ2n) is 6.52. The van der Waals surface area contributed by atoms with Gasteiger partial charge in [0.15, 0.2) is 0 Å². The molecule has 0 aromatic heterocycles. The maximum atomic E-state index is 12.0. The van der Waals surface area contributed by atoms with Gasteiger partial charge < -0.3 is 9.47 Å². The highest BCUT2D eigenvalue weighted by Gasteiger charge is 2.25. The Labute approximate surface area is 127 Å². The van der Waals surface area contributed by atoms with E-state index in [0.717, 1.165) is 51.4 Å². The van der Waals surface area contributed by atoms with E-state index in [0.29, 0.717) is 13.0 Å². The summed E-state index contributed by atoms with van der Waals surface area (Å²) < 4.78 is 10.8. The Hall–Kier alpha value is -1.06. The summed E-state index contributed by atoms with van der Waals surface area (Å²) in [6.45, 7) is 2.23. The minimum atomic E-state index is -0.171. The molecule has 0 amide bonds. The quantitative estimate of drug-likeness (QED) is 0.702. The summed E-state index contributed by atoms with van der Waals surface area (Å²) in [4.78, 5) is 23.8. The molecule has 21 heavy (non-hydrogen) atoms. The zero-order chi connectivity index (χ0) is 15.1. The van der Waals surface area contributed by atoms with Crippen LogP contribution in [0.2, 0.25) is 0 Å². The first-order valence-corrected chi connectivity index (χ1v) is 8.54. The fourth-order valence-electron chi connectivity index (χ4n) is 3.30. The van der Waals surface area contributed by atoms with E-state index in [4.69, 9.17) is 9.47 Å². The Morgan fingerprint density at radius 2 is 1.43 bits per heavy atom. The maximum absolute atomic E-state index is 12.0. The second-order valence-corrected chi connectivity index (χ2v) is 6.52. The predicted molar refractivity (Wildman–Crippen MR) is 79.7 cm³/mol. The summed E-state index contributed by atoms with van der Waals surface area (Å²) in [6, 6.07) is 0. The average molecular weight is 296 g/mol. The Morgan fingerprint density at radius 3 is 2.05 bits per heavy atom. The van der Waals surface area contributed by atoms with Gasteiger partial charge >= 0.3 is 11.9 Å². The molecule has 0 aliphatic heterocycles. The normalized spacial score (nSPS) is 22.0. The lowest BCUT2D eigenvalue weighted by molar-refractivity contribution is -0.156. The SMILES string of the molecule is CC(CCOC(=O)C1CCCC1)OC(=O)C1CCCCC1. The topological polar surface area (TPSA) is 52.6 Å². The van der Waals surface area contributed by atoms with Crippen molar-refractivity contribution in [2.75, 3.05) is 6.61 Å². The van der Waals surface area contributed by atoms with Crippen molar-refractivity contribution in [3.63, 3.8) is 0 Å². The number of ether oxygens (including phenoxy) is 2. The van der Waals surface area contributed by atoms with Gasteiger partial charge in [-0.3, -0.25) is 9.59 Å². The lowest BCUT2D eigenvalue weighted by Gasteiger charge is -2.22. The van der Waals surface area contributed by atoms with Crippen LogP contribution in [0.3, 0.4) is 0 Å². The largest absolute Gasteiger partial charge is 0.465 e. The van der Waals surface area contributed by atoms with E-state index in [2.05, 4.69) is 0 Å². The van der Waals surface area contributed by atoms with Crippen molar-refractivity contribution in [3.05, 3.63) is 0 Å². The maximum Gasteiger partial charge on any atom is 0.309 e. The van der Waals surface area contributed by atoms with Gasteiger partial charge in [0.2, 0.25) is 0 Å². The first kappa shape index (κ1) is 16.3. The first-order chi connectivity index (χ1) is 10.2. The van der Waals surface area contributed by atoms with Gasteiger partial charge in [-0.05, 0) is 32.6 Å². The van der Waals surface area contributed by atoms with Gasteiger partial charge in [-0.15, -0.1) is 0 Å². The highest BCUT2D eigenvalue weighted by Crippen LogP contribution is 2.26. The molecule has 1 atom stereocenters. The lowest BCUT2D eigenvalue weighted by Crippen LogP contribution is -2.25. The molecule has 0 saturated heterocycles. The van der Waals surface area contributed by atoms with Gasteiger partial charge in [0.25, 0.3) is 0 Å². The summed E-state index contributed by atoms with van der Waals surface area (Å²) >= 11 is 0. The monoisotopic (exact) mass is 296 g/mol. The molecule has 2 fully saturated rings. The molecule has 1 unspecified atom stereocenters. The van der Waals surface area contributed by atoms with Crippen LogP contribution in [0, 0.1) is 11.8 Å². The van der Waals surface area contributed by atoms with E-state index in [1.165, 1.54) is 6.42 Å². The van der Waals surface area contributed by atoms with Crippen molar-refractivity contribution in [1.29, 1.82) is 0 Å². The van der Waals surface area contributed by atoms with Crippen LogP contribution >= 0.6 is 0 Å². The number of rotatable bonds is 6. The van der Waals surface area contributed by atoms with Crippen molar-refractivity contribution in [2.45, 2.75) is 77.2 Å². The molecule has 0 spiro atoms. The third kappa shape index (κ3) is 5.33. The molecule has 120 valence electrons. The molecule has 2 rings (SSSR count). The number of carbonyl (C=O) groups is 2. The van der Waals surface area contributed by atoms with Gasteiger partial charge in [-0.2, -0.15) is 0 Å². The van der Waals surface area contributed by atoms with Crippen LogP contribution in [0.25, 0.3) is 0 Å². The van der Waals surface area contributed by atoms with Gasteiger partial charge in [0, 0.05) is 6.42 Å². The van der Waals surface area contributed by atoms with Gasteiger partial charge in [0.05, 0.1) is 18.4 Å². The standard InChI is InChI=1S/C17H28O4/c1-13(21-17(19)15-7-3-2-4-8-15)11-12-20-16(18)14-9-5-6-10-14/h13-15H,2-12H2,1H3. The summed E-state index contributed by atoms with van der Waals surface area (Å²) in [5.74, 6) is 0.0509. The van der Waals surface area contributed by atoms with Crippen molar-refractivity contribution in [3.8, 4) is 0 Å². The zero-order valence-electron chi connectivity index (χ0n) is 13.1. The van der Waals surface area contributed by atoms with E-state index in [1.54, 1.807) is 0 Å². The number of esters is 2. The molecule has 4 nitrogen and oxygen atoms in total. The van der Waals surface area contributed by atoms with Crippen LogP contribution in [0.1, 0.15) is 71.1 Å². The Balaban J connectivity index is 1.59. The molecule has 2 aliphatic carbocycles. The smallest absolute Gasteiger partial charge is 0.309 e. The number of hydrogen-bond acceptors (Lipinski definition) is 4. The summed E-state index contributed by atoms with van der Waals surface area (Å²) in [6.07, 6.45) is 10.0. The Morgan fingerprint density at radius 1 is 0.905 bits per heavy atom. The molecule has 0 aromatic carbocycles. The zero-order valence-corrected chi connectivity index (χ0v) is 13.1. The molecule has 0 aromatic rings. The third-order valence-corrected chi connectivity index (χ3v) is 4.71. The molecule has 0 radical (unpaired) electrons. The van der Waals surface area contributed by atoms with Gasteiger partial charge in [0.1, 0.15) is 6.10 Å². The lowest BCUT2D eigenvalue weighted by atomic mass is 9.89. The van der Waals surface area contributed by atoms with Crippen molar-refractivity contribution >= 4 is 11.9 Å². The van der Waals surface area contributed by atoms with Crippen LogP contribution in [-0.2, 0) is 19.1 Å². The molecular formula is C17H28O4. The van der Waals surface area contributed by atoms with E-state index < -0.39 is 0 Å². The minimum Gasteiger partial charge on any atom is -0.465 e. The number of hydrogen-bond donors (Lipinski definition) is 0. The average Bonchev–Trinajstić information content (AvgIpc) is 3.02. The molecule has 0 N–H and O–H groups in total. The van der Waals surface area contributed by atoms with Gasteiger partial charge in [-0.1, -0.05) is 32.1 Å². The molecule has 4 heteroatoms. The molecule has 0 bridgehead atoms. The van der Waals surface area contributed by atoms with E-state index >= 15 is 0 Å². The molecule has 2 saturated carbocycles. The second kappa shape index (κ2) is 8.40. The van der Waals surface area contributed by atoms with Crippen LogP contribution in [0.5, 0.6) is 0 Å². The summed E-state index contributed by atoms with van der Waals surface area (Å²) in [5.41, 5.74) is 0. The van der Waals surface area contributed by atoms with E-state index in [-0.39, 0.29) is 29.9 Å². The highest BCUT2D eigenvalue weighted by atomic mass is 16.6. The van der Waals surface area contributed by atoms with Gasteiger partial charge in [-0.25, -0.2) is 0 Å². The van der Waals surface area contributed by atoms with Crippen LogP contribution in [0.15, 0.2) is 0 Å². The summed E-state index contributed by atoms with van der Waals surface area (Å²) in [5, 5.41) is 0. The van der Waals surface area contributed by atoms with E-state index in [1.807, 2.05) is 6.92 Å².